The van der Waals surface area contributed by atoms with Crippen molar-refractivity contribution < 1.29 is 13.7 Å². The van der Waals surface area contributed by atoms with Crippen LogP contribution in [0.4, 0.5) is 4.39 Å². The summed E-state index contributed by atoms with van der Waals surface area (Å²) in [5.74, 6) is 0.104. The molecule has 0 N–H and O–H groups in total. The van der Waals surface area contributed by atoms with Gasteiger partial charge in [-0.3, -0.25) is 0 Å². The maximum Gasteiger partial charge on any atom is 0.169 e. The standard InChI is InChI=1S/C17H21FIO2P/c1-6-9-21-16-8-7-15(19)11-17(16)22(20,12(2)3)14(5)10-13(4)18/h7-8,10-11H,2,5-6,9H2,1,3-4H3/b13-10+. The van der Waals surface area contributed by atoms with E-state index >= 15 is 0 Å². The van der Waals surface area contributed by atoms with E-state index in [1.165, 1.54) is 13.0 Å². The predicted molar refractivity (Wildman–Crippen MR) is 101 cm³/mol. The van der Waals surface area contributed by atoms with Crippen molar-refractivity contribution in [1.82, 2.24) is 0 Å². The van der Waals surface area contributed by atoms with Crippen molar-refractivity contribution in [2.24, 2.45) is 0 Å². The number of hydrogen-bond donors (Lipinski definition) is 0. The van der Waals surface area contributed by atoms with Crippen molar-refractivity contribution >= 4 is 35.0 Å². The van der Waals surface area contributed by atoms with Crippen molar-refractivity contribution in [3.63, 3.8) is 0 Å². The molecule has 0 aliphatic heterocycles. The van der Waals surface area contributed by atoms with Crippen molar-refractivity contribution in [2.45, 2.75) is 27.2 Å². The zero-order valence-corrected chi connectivity index (χ0v) is 16.2. The molecule has 1 aromatic carbocycles. The molecule has 1 atom stereocenters. The SMILES string of the molecule is C=C(C)P(=O)(C(=C)/C=C(\C)F)c1cc(I)ccc1OCCC. The van der Waals surface area contributed by atoms with Gasteiger partial charge >= 0.3 is 0 Å². The Labute approximate surface area is 145 Å². The summed E-state index contributed by atoms with van der Waals surface area (Å²) >= 11 is 2.15. The van der Waals surface area contributed by atoms with E-state index in [0.29, 0.717) is 23.0 Å². The second-order valence-corrected chi connectivity index (χ2v) is 9.31. The van der Waals surface area contributed by atoms with E-state index in [4.69, 9.17) is 4.74 Å². The van der Waals surface area contributed by atoms with Crippen LogP contribution in [0.25, 0.3) is 0 Å². The van der Waals surface area contributed by atoms with Crippen LogP contribution >= 0.6 is 29.7 Å². The predicted octanol–water partition coefficient (Wildman–Crippen LogP) is 5.99. The number of hydrogen-bond acceptors (Lipinski definition) is 2. The lowest BCUT2D eigenvalue weighted by Crippen LogP contribution is -2.13. The quantitative estimate of drug-likeness (QED) is 0.300. The molecule has 2 nitrogen and oxygen atoms in total. The average molecular weight is 434 g/mol. The van der Waals surface area contributed by atoms with Crippen LogP contribution in [0.3, 0.4) is 0 Å². The van der Waals surface area contributed by atoms with Gasteiger partial charge in [0.2, 0.25) is 0 Å². The maximum atomic E-state index is 13.6. The lowest BCUT2D eigenvalue weighted by Gasteiger charge is -2.22. The summed E-state index contributed by atoms with van der Waals surface area (Å²) in [5.41, 5.74) is 0. The molecule has 0 spiro atoms. The third kappa shape index (κ3) is 4.32. The maximum absolute atomic E-state index is 13.6. The third-order valence-corrected chi connectivity index (χ3v) is 6.74. The van der Waals surface area contributed by atoms with Crippen LogP contribution in [0, 0.1) is 3.57 Å². The molecule has 0 aliphatic carbocycles. The van der Waals surface area contributed by atoms with Gasteiger partial charge in [0.25, 0.3) is 0 Å². The molecule has 1 unspecified atom stereocenters. The first-order chi connectivity index (χ1) is 10.2. The van der Waals surface area contributed by atoms with Crippen LogP contribution < -0.4 is 10.0 Å². The van der Waals surface area contributed by atoms with E-state index in [1.807, 2.05) is 13.0 Å². The first-order valence-corrected chi connectivity index (χ1v) is 9.74. The molecule has 0 aliphatic rings. The van der Waals surface area contributed by atoms with E-state index in [-0.39, 0.29) is 5.31 Å². The van der Waals surface area contributed by atoms with Gasteiger partial charge in [-0.25, -0.2) is 4.39 Å². The van der Waals surface area contributed by atoms with Crippen LogP contribution in [0.15, 0.2) is 53.9 Å². The minimum Gasteiger partial charge on any atom is -0.493 e. The molecule has 5 heteroatoms. The van der Waals surface area contributed by atoms with Crippen molar-refractivity contribution in [3.8, 4) is 5.75 Å². The monoisotopic (exact) mass is 434 g/mol. The van der Waals surface area contributed by atoms with Gasteiger partial charge in [-0.2, -0.15) is 0 Å². The first-order valence-electron chi connectivity index (χ1n) is 6.95. The van der Waals surface area contributed by atoms with E-state index in [0.717, 1.165) is 9.99 Å². The van der Waals surface area contributed by atoms with Crippen LogP contribution in [0.2, 0.25) is 0 Å². The van der Waals surface area contributed by atoms with Crippen LogP contribution in [0.5, 0.6) is 5.75 Å². The smallest absolute Gasteiger partial charge is 0.169 e. The summed E-state index contributed by atoms with van der Waals surface area (Å²) in [5, 5.41) is 1.21. The summed E-state index contributed by atoms with van der Waals surface area (Å²) < 4.78 is 33.5. The Balaban J connectivity index is 3.53. The van der Waals surface area contributed by atoms with Crippen LogP contribution in [-0.2, 0) is 4.57 Å². The molecule has 0 radical (unpaired) electrons. The molecule has 0 heterocycles. The second kappa shape index (κ2) is 8.11. The topological polar surface area (TPSA) is 26.3 Å². The Morgan fingerprint density at radius 2 is 2.05 bits per heavy atom. The number of rotatable bonds is 7. The minimum absolute atomic E-state index is 0.225. The lowest BCUT2D eigenvalue weighted by atomic mass is 10.3. The minimum atomic E-state index is -3.23. The Morgan fingerprint density at radius 3 is 2.55 bits per heavy atom. The van der Waals surface area contributed by atoms with Crippen molar-refractivity contribution in [2.75, 3.05) is 6.61 Å². The van der Waals surface area contributed by atoms with Gasteiger partial charge in [0.1, 0.15) is 5.75 Å². The van der Waals surface area contributed by atoms with Crippen molar-refractivity contribution in [3.05, 3.63) is 57.5 Å². The highest BCUT2D eigenvalue weighted by Crippen LogP contribution is 2.60. The van der Waals surface area contributed by atoms with E-state index in [9.17, 15) is 8.96 Å². The molecule has 0 fully saturated rings. The second-order valence-electron chi connectivity index (χ2n) is 5.03. The number of benzene rings is 1. The average Bonchev–Trinajstić information content (AvgIpc) is 2.43. The molecule has 22 heavy (non-hydrogen) atoms. The van der Waals surface area contributed by atoms with Gasteiger partial charge in [-0.15, -0.1) is 0 Å². The normalized spacial score (nSPS) is 14.3. The molecule has 1 rings (SSSR count). The van der Waals surface area contributed by atoms with Gasteiger partial charge in [0.05, 0.1) is 17.7 Å². The summed E-state index contributed by atoms with van der Waals surface area (Å²) in [4.78, 5) is 0. The fraction of sp³-hybridized carbons (Fsp3) is 0.294. The molecular formula is C17H21FIO2P. The zero-order chi connectivity index (χ0) is 16.9. The lowest BCUT2D eigenvalue weighted by molar-refractivity contribution is 0.320. The van der Waals surface area contributed by atoms with Gasteiger partial charge in [-0.05, 0) is 72.4 Å². The Morgan fingerprint density at radius 1 is 1.41 bits per heavy atom. The summed E-state index contributed by atoms with van der Waals surface area (Å²) in [6, 6.07) is 5.48. The molecular weight excluding hydrogens is 413 g/mol. The van der Waals surface area contributed by atoms with E-state index in [2.05, 4.69) is 35.7 Å². The van der Waals surface area contributed by atoms with Crippen LogP contribution in [-0.4, -0.2) is 6.61 Å². The highest BCUT2D eigenvalue weighted by atomic mass is 127. The van der Waals surface area contributed by atoms with E-state index in [1.54, 1.807) is 19.1 Å². The van der Waals surface area contributed by atoms with Crippen molar-refractivity contribution in [1.29, 1.82) is 0 Å². The molecule has 0 saturated carbocycles. The van der Waals surface area contributed by atoms with Crippen LogP contribution in [0.1, 0.15) is 27.2 Å². The van der Waals surface area contributed by atoms with Gasteiger partial charge in [0.15, 0.2) is 7.14 Å². The molecule has 120 valence electrons. The Hall–Kier alpha value is -0.870. The molecule has 0 amide bonds. The number of halogens is 2. The van der Waals surface area contributed by atoms with Gasteiger partial charge < -0.3 is 9.30 Å². The third-order valence-electron chi connectivity index (χ3n) is 3.03. The summed E-state index contributed by atoms with van der Waals surface area (Å²) in [6.07, 6.45) is 2.05. The fourth-order valence-electron chi connectivity index (χ4n) is 2.00. The molecule has 1 aromatic rings. The highest BCUT2D eigenvalue weighted by Gasteiger charge is 2.32. The molecule has 0 bridgehead atoms. The molecule has 0 saturated heterocycles. The number of ether oxygens (including phenoxy) is 1. The first kappa shape index (κ1) is 19.2. The Bertz CT molecular complexity index is 661. The Kier molecular flexibility index (Phi) is 7.07. The summed E-state index contributed by atoms with van der Waals surface area (Å²) in [6.45, 7) is 13.2. The number of allylic oxidation sites excluding steroid dienone is 4. The fourth-order valence-corrected chi connectivity index (χ4v) is 5.08. The van der Waals surface area contributed by atoms with Gasteiger partial charge in [0, 0.05) is 8.88 Å². The zero-order valence-electron chi connectivity index (χ0n) is 13.2. The summed E-state index contributed by atoms with van der Waals surface area (Å²) in [7, 11) is -3.23. The largest absolute Gasteiger partial charge is 0.493 e. The van der Waals surface area contributed by atoms with E-state index < -0.39 is 13.0 Å². The molecule has 0 aromatic heterocycles. The van der Waals surface area contributed by atoms with Gasteiger partial charge in [-0.1, -0.05) is 20.1 Å². The highest BCUT2D eigenvalue weighted by molar-refractivity contribution is 14.1.